The molecule has 0 bridgehead atoms. The molecule has 2 aromatic carbocycles. The Bertz CT molecular complexity index is 1530. The van der Waals surface area contributed by atoms with Gasteiger partial charge in [0.2, 0.25) is 0 Å². The number of hydrogen-bond acceptors (Lipinski definition) is 7. The number of halogens is 2. The number of aliphatic hydroxyl groups is 1. The number of aromatic nitrogens is 6. The SMILES string of the molecule is CC(Nc1c(Cl)cnc2ccc(-c3cnc(C(C)(C)O)nc3)cc12)c1cc(-c2cn[nH]n2)ccc1F. The van der Waals surface area contributed by atoms with Gasteiger partial charge in [-0.15, -0.1) is 0 Å². The Labute approximate surface area is 211 Å². The van der Waals surface area contributed by atoms with Gasteiger partial charge in [-0.1, -0.05) is 17.7 Å². The topological polar surface area (TPSA) is 113 Å². The highest BCUT2D eigenvalue weighted by molar-refractivity contribution is 6.34. The van der Waals surface area contributed by atoms with Gasteiger partial charge in [-0.05, 0) is 56.7 Å². The van der Waals surface area contributed by atoms with Crippen molar-refractivity contribution in [3.05, 3.63) is 83.4 Å². The molecule has 36 heavy (non-hydrogen) atoms. The Morgan fingerprint density at radius 3 is 2.42 bits per heavy atom. The van der Waals surface area contributed by atoms with Gasteiger partial charge < -0.3 is 10.4 Å². The lowest BCUT2D eigenvalue weighted by Gasteiger charge is -2.20. The fourth-order valence-electron chi connectivity index (χ4n) is 3.96. The van der Waals surface area contributed by atoms with Crippen LogP contribution in [0.1, 0.15) is 38.2 Å². The summed E-state index contributed by atoms with van der Waals surface area (Å²) < 4.78 is 14.8. The average Bonchev–Trinajstić information content (AvgIpc) is 3.40. The molecule has 0 aliphatic carbocycles. The number of nitrogens with one attached hydrogen (secondary N) is 2. The van der Waals surface area contributed by atoms with Crippen LogP contribution in [-0.2, 0) is 5.60 Å². The number of hydrogen-bond donors (Lipinski definition) is 3. The Balaban J connectivity index is 1.52. The lowest BCUT2D eigenvalue weighted by molar-refractivity contribution is 0.0687. The molecule has 0 aliphatic rings. The summed E-state index contributed by atoms with van der Waals surface area (Å²) in [7, 11) is 0. The summed E-state index contributed by atoms with van der Waals surface area (Å²) >= 11 is 6.56. The first-order valence-corrected chi connectivity index (χ1v) is 11.6. The number of aromatic amines is 1. The molecule has 1 atom stereocenters. The van der Waals surface area contributed by atoms with E-state index in [1.54, 1.807) is 50.8 Å². The van der Waals surface area contributed by atoms with Crippen molar-refractivity contribution in [1.82, 2.24) is 30.4 Å². The predicted molar refractivity (Wildman–Crippen MR) is 137 cm³/mol. The van der Waals surface area contributed by atoms with Crippen LogP contribution in [0.2, 0.25) is 5.02 Å². The third-order valence-corrected chi connectivity index (χ3v) is 6.17. The zero-order chi connectivity index (χ0) is 25.4. The van der Waals surface area contributed by atoms with Crippen molar-refractivity contribution in [2.24, 2.45) is 0 Å². The molecular formula is C26H23ClFN7O. The van der Waals surface area contributed by atoms with Crippen LogP contribution < -0.4 is 5.32 Å². The van der Waals surface area contributed by atoms with Crippen LogP contribution in [0.5, 0.6) is 0 Å². The van der Waals surface area contributed by atoms with E-state index in [-0.39, 0.29) is 5.82 Å². The first-order valence-electron chi connectivity index (χ1n) is 11.3. The largest absolute Gasteiger partial charge is 0.382 e. The van der Waals surface area contributed by atoms with Crippen molar-refractivity contribution >= 4 is 28.2 Å². The minimum atomic E-state index is -1.13. The van der Waals surface area contributed by atoms with Gasteiger partial charge in [0.25, 0.3) is 0 Å². The Morgan fingerprint density at radius 1 is 0.972 bits per heavy atom. The molecule has 5 rings (SSSR count). The minimum absolute atomic E-state index is 0.336. The van der Waals surface area contributed by atoms with Crippen molar-refractivity contribution in [3.63, 3.8) is 0 Å². The maximum Gasteiger partial charge on any atom is 0.159 e. The molecule has 0 amide bonds. The van der Waals surface area contributed by atoms with E-state index in [4.69, 9.17) is 11.6 Å². The molecule has 0 radical (unpaired) electrons. The molecule has 3 N–H and O–H groups in total. The molecular weight excluding hydrogens is 481 g/mol. The molecule has 8 nitrogen and oxygen atoms in total. The van der Waals surface area contributed by atoms with E-state index in [0.29, 0.717) is 27.8 Å². The van der Waals surface area contributed by atoms with Crippen molar-refractivity contribution in [3.8, 4) is 22.4 Å². The molecule has 0 fully saturated rings. The fourth-order valence-corrected chi connectivity index (χ4v) is 4.16. The molecule has 1 unspecified atom stereocenters. The quantitative estimate of drug-likeness (QED) is 0.273. The minimum Gasteiger partial charge on any atom is -0.382 e. The molecule has 5 aromatic rings. The van der Waals surface area contributed by atoms with Gasteiger partial charge in [0, 0.05) is 40.7 Å². The summed E-state index contributed by atoms with van der Waals surface area (Å²) in [6, 6.07) is 10.1. The monoisotopic (exact) mass is 503 g/mol. The van der Waals surface area contributed by atoms with Crippen LogP contribution in [-0.4, -0.2) is 35.5 Å². The van der Waals surface area contributed by atoms with Gasteiger partial charge in [0.05, 0.1) is 28.5 Å². The smallest absolute Gasteiger partial charge is 0.159 e. The van der Waals surface area contributed by atoms with Gasteiger partial charge in [0.15, 0.2) is 5.82 Å². The molecule has 0 aliphatic heterocycles. The highest BCUT2D eigenvalue weighted by Crippen LogP contribution is 2.36. The second-order valence-electron chi connectivity index (χ2n) is 9.02. The standard InChI is InChI=1S/C26H23ClFN7O/c1-14(18-9-16(4-6-21(18)28)23-13-32-35-34-23)33-24-19-8-15(5-7-22(19)29-12-20(24)27)17-10-30-25(31-11-17)26(2,3)36/h4-14,36H,1-3H3,(H,29,33)(H,32,34,35). The van der Waals surface area contributed by atoms with E-state index in [1.807, 2.05) is 25.1 Å². The lowest BCUT2D eigenvalue weighted by atomic mass is 10.0. The number of rotatable bonds is 6. The zero-order valence-corrected chi connectivity index (χ0v) is 20.5. The number of pyridine rings is 1. The second-order valence-corrected chi connectivity index (χ2v) is 9.43. The van der Waals surface area contributed by atoms with Gasteiger partial charge in [-0.25, -0.2) is 14.4 Å². The van der Waals surface area contributed by atoms with Gasteiger partial charge in [-0.2, -0.15) is 15.4 Å². The number of benzene rings is 2. The number of H-pyrrole nitrogens is 1. The maximum atomic E-state index is 14.8. The van der Waals surface area contributed by atoms with Crippen LogP contribution in [0.4, 0.5) is 10.1 Å². The first-order chi connectivity index (χ1) is 17.2. The maximum absolute atomic E-state index is 14.8. The van der Waals surface area contributed by atoms with Crippen molar-refractivity contribution in [2.45, 2.75) is 32.4 Å². The van der Waals surface area contributed by atoms with E-state index in [0.717, 1.165) is 27.6 Å². The van der Waals surface area contributed by atoms with Gasteiger partial charge >= 0.3 is 0 Å². The Morgan fingerprint density at radius 2 is 1.72 bits per heavy atom. The van der Waals surface area contributed by atoms with Crippen LogP contribution >= 0.6 is 11.6 Å². The molecule has 0 saturated heterocycles. The first kappa shape index (κ1) is 23.8. The van der Waals surface area contributed by atoms with E-state index < -0.39 is 11.6 Å². The number of anilines is 1. The van der Waals surface area contributed by atoms with Crippen molar-refractivity contribution < 1.29 is 9.50 Å². The van der Waals surface area contributed by atoms with Crippen molar-refractivity contribution in [2.75, 3.05) is 5.32 Å². The summed E-state index contributed by atoms with van der Waals surface area (Å²) in [6.45, 7) is 5.13. The Kier molecular flexibility index (Phi) is 6.11. The Hall–Kier alpha value is -3.95. The average molecular weight is 504 g/mol. The van der Waals surface area contributed by atoms with Crippen LogP contribution in [0, 0.1) is 5.82 Å². The second kappa shape index (κ2) is 9.25. The van der Waals surface area contributed by atoms with E-state index >= 15 is 0 Å². The van der Waals surface area contributed by atoms with Gasteiger partial charge in [-0.3, -0.25) is 4.98 Å². The highest BCUT2D eigenvalue weighted by Gasteiger charge is 2.20. The summed E-state index contributed by atoms with van der Waals surface area (Å²) in [4.78, 5) is 13.0. The molecule has 0 saturated carbocycles. The molecule has 3 heterocycles. The van der Waals surface area contributed by atoms with Gasteiger partial charge in [0.1, 0.15) is 17.1 Å². The molecule has 10 heteroatoms. The van der Waals surface area contributed by atoms with E-state index in [9.17, 15) is 9.50 Å². The fraction of sp³-hybridized carbons (Fsp3) is 0.192. The van der Waals surface area contributed by atoms with E-state index in [1.165, 1.54) is 6.07 Å². The summed E-state index contributed by atoms with van der Waals surface area (Å²) in [5, 5.41) is 25.2. The normalized spacial score (nSPS) is 12.6. The van der Waals surface area contributed by atoms with Crippen molar-refractivity contribution in [1.29, 1.82) is 0 Å². The molecule has 3 aromatic heterocycles. The summed E-state index contributed by atoms with van der Waals surface area (Å²) in [6.07, 6.45) is 6.49. The predicted octanol–water partition coefficient (Wildman–Crippen LogP) is 5.67. The summed E-state index contributed by atoms with van der Waals surface area (Å²) in [5.41, 5.74) is 3.68. The number of fused-ring (bicyclic) bond motifs is 1. The van der Waals surface area contributed by atoms with Crippen LogP contribution in [0.25, 0.3) is 33.3 Å². The lowest BCUT2D eigenvalue weighted by Crippen LogP contribution is -2.19. The zero-order valence-electron chi connectivity index (χ0n) is 19.8. The number of nitrogens with zero attached hydrogens (tertiary/aromatic N) is 5. The van der Waals surface area contributed by atoms with Crippen LogP contribution in [0.15, 0.2) is 61.2 Å². The third-order valence-electron chi connectivity index (χ3n) is 5.89. The van der Waals surface area contributed by atoms with E-state index in [2.05, 4.69) is 35.7 Å². The molecule has 0 spiro atoms. The molecule has 182 valence electrons. The highest BCUT2D eigenvalue weighted by atomic mass is 35.5. The third kappa shape index (κ3) is 4.62. The van der Waals surface area contributed by atoms with Crippen LogP contribution in [0.3, 0.4) is 0 Å². The summed E-state index contributed by atoms with van der Waals surface area (Å²) in [5.74, 6) is -0.00993.